The molecule has 0 aliphatic carbocycles. The van der Waals surface area contributed by atoms with Gasteiger partial charge in [0.2, 0.25) is 0 Å². The zero-order valence-electron chi connectivity index (χ0n) is 46.9. The zero-order valence-corrected chi connectivity index (χ0v) is 46.9. The van der Waals surface area contributed by atoms with Crippen molar-refractivity contribution >= 4 is 43.6 Å². The fourth-order valence-corrected chi connectivity index (χ4v) is 12.0. The van der Waals surface area contributed by atoms with E-state index in [0.29, 0.717) is 39.7 Å². The first-order chi connectivity index (χ1) is 43.4. The van der Waals surface area contributed by atoms with Crippen LogP contribution in [0.2, 0.25) is 0 Å². The first kappa shape index (κ1) is 52.0. The van der Waals surface area contributed by atoms with Crippen molar-refractivity contribution in [1.29, 1.82) is 21.0 Å². The van der Waals surface area contributed by atoms with Gasteiger partial charge in [-0.1, -0.05) is 133 Å². The van der Waals surface area contributed by atoms with E-state index in [1.54, 1.807) is 0 Å². The molecule has 0 atom stereocenters. The Morgan fingerprint density at radius 1 is 0.261 bits per heavy atom. The number of aromatic nitrogens is 6. The highest BCUT2D eigenvalue weighted by molar-refractivity contribution is 6.14. The lowest BCUT2D eigenvalue weighted by molar-refractivity contribution is 1.07. The van der Waals surface area contributed by atoms with Crippen LogP contribution < -0.4 is 0 Å². The van der Waals surface area contributed by atoms with E-state index < -0.39 is 0 Å². The van der Waals surface area contributed by atoms with Crippen LogP contribution in [0, 0.1) is 45.3 Å². The van der Waals surface area contributed by atoms with Gasteiger partial charge in [0.15, 0.2) is 17.5 Å². The molecule has 0 N–H and O–H groups in total. The molecule has 4 aromatic heterocycles. The lowest BCUT2D eigenvalue weighted by atomic mass is 9.99. The summed E-state index contributed by atoms with van der Waals surface area (Å²) in [6.45, 7) is 0. The second kappa shape index (κ2) is 21.7. The first-order valence-corrected chi connectivity index (χ1v) is 28.6. The first-order valence-electron chi connectivity index (χ1n) is 28.6. The number of fused-ring (bicyclic) bond motifs is 6. The van der Waals surface area contributed by atoms with Crippen LogP contribution >= 0.6 is 0 Å². The third-order valence-electron chi connectivity index (χ3n) is 16.4. The van der Waals surface area contributed by atoms with Gasteiger partial charge in [0.05, 0.1) is 80.0 Å². The lowest BCUT2D eigenvalue weighted by Crippen LogP contribution is -2.04. The standard InChI is InChI=1S/C78H44N10/c79-44-49-11-19-53(20-12-49)59-27-32-70-64(39-59)65-40-60(54-21-13-50(45-80)14-22-54)28-33-71(65)87(70)74-36-31-63(78-85-76(57-7-3-1-4-8-57)84-77(86-78)58-9-5-2-6-10-58)43-68(74)69-48-83-38-37-75(69)88-72-34-29-61(55-23-15-51(46-81)16-24-55)41-66(72)67-42-62(30-35-73(67)88)56-25-17-52(47-82)18-26-56/h1-43,48H. The van der Waals surface area contributed by atoms with Gasteiger partial charge in [0, 0.05) is 61.8 Å². The monoisotopic (exact) mass is 1120 g/mol. The number of benzene rings is 11. The maximum atomic E-state index is 9.72. The molecule has 0 bridgehead atoms. The number of nitriles is 4. The number of nitrogens with zero attached hydrogens (tertiary/aromatic N) is 10. The molecule has 0 radical (unpaired) electrons. The van der Waals surface area contributed by atoms with Crippen LogP contribution in [0.4, 0.5) is 0 Å². The summed E-state index contributed by atoms with van der Waals surface area (Å²) in [6.07, 6.45) is 3.79. The van der Waals surface area contributed by atoms with Gasteiger partial charge in [-0.3, -0.25) is 4.98 Å². The molecule has 4 heterocycles. The number of hydrogen-bond acceptors (Lipinski definition) is 8. The van der Waals surface area contributed by atoms with Crippen molar-refractivity contribution in [2.45, 2.75) is 0 Å². The fourth-order valence-electron chi connectivity index (χ4n) is 12.0. The molecule has 10 nitrogen and oxygen atoms in total. The molecular weight excluding hydrogens is 1080 g/mol. The summed E-state index contributed by atoms with van der Waals surface area (Å²) < 4.78 is 4.66. The smallest absolute Gasteiger partial charge is 0.164 e. The Bertz CT molecular complexity index is 5160. The average molecular weight is 1120 g/mol. The van der Waals surface area contributed by atoms with Crippen molar-refractivity contribution in [3.63, 3.8) is 0 Å². The summed E-state index contributed by atoms with van der Waals surface area (Å²) in [4.78, 5) is 20.5. The third-order valence-corrected chi connectivity index (χ3v) is 16.4. The summed E-state index contributed by atoms with van der Waals surface area (Å²) in [5.74, 6) is 1.58. The van der Waals surface area contributed by atoms with Crippen LogP contribution in [0.1, 0.15) is 22.3 Å². The van der Waals surface area contributed by atoms with Crippen LogP contribution in [0.3, 0.4) is 0 Å². The average Bonchev–Trinajstić information content (AvgIpc) is 1.62. The minimum Gasteiger partial charge on any atom is -0.309 e. The van der Waals surface area contributed by atoms with Gasteiger partial charge in [0.25, 0.3) is 0 Å². The van der Waals surface area contributed by atoms with Gasteiger partial charge >= 0.3 is 0 Å². The topological polar surface area (TPSA) is 157 Å². The van der Waals surface area contributed by atoms with Crippen LogP contribution in [-0.4, -0.2) is 29.1 Å². The predicted octanol–water partition coefficient (Wildman–Crippen LogP) is 18.3. The molecule has 0 unspecified atom stereocenters. The molecule has 0 aliphatic rings. The van der Waals surface area contributed by atoms with Crippen LogP contribution in [0.15, 0.2) is 267 Å². The number of rotatable bonds is 10. The Balaban J connectivity index is 1.01. The fraction of sp³-hybridized carbons (Fsp3) is 0. The maximum absolute atomic E-state index is 9.72. The molecule has 0 spiro atoms. The predicted molar refractivity (Wildman–Crippen MR) is 349 cm³/mol. The van der Waals surface area contributed by atoms with E-state index in [1.165, 1.54) is 0 Å². The molecule has 11 aromatic carbocycles. The molecular formula is C78H44N10. The molecule has 0 saturated heterocycles. The minimum absolute atomic E-state index is 0.495. The van der Waals surface area contributed by atoms with E-state index >= 15 is 0 Å². The molecule has 15 rings (SSSR count). The molecule has 0 aliphatic heterocycles. The Kier molecular flexibility index (Phi) is 12.8. The summed E-state index contributed by atoms with van der Waals surface area (Å²) in [5.41, 5.74) is 20.1. The largest absolute Gasteiger partial charge is 0.309 e. The lowest BCUT2D eigenvalue weighted by Gasteiger charge is -2.19. The highest BCUT2D eigenvalue weighted by Gasteiger charge is 2.24. The molecule has 406 valence electrons. The summed E-state index contributed by atoms with van der Waals surface area (Å²) >= 11 is 0. The van der Waals surface area contributed by atoms with E-state index in [0.717, 1.165) is 127 Å². The van der Waals surface area contributed by atoms with Crippen LogP contribution in [0.25, 0.3) is 145 Å². The van der Waals surface area contributed by atoms with Crippen molar-refractivity contribution in [1.82, 2.24) is 29.1 Å². The Hall–Kier alpha value is -12.9. The normalized spacial score (nSPS) is 11.1. The zero-order chi connectivity index (χ0) is 59.2. The van der Waals surface area contributed by atoms with Crippen molar-refractivity contribution in [2.24, 2.45) is 0 Å². The van der Waals surface area contributed by atoms with Gasteiger partial charge in [-0.15, -0.1) is 0 Å². The Labute approximate surface area is 505 Å². The summed E-state index contributed by atoms with van der Waals surface area (Å²) in [6, 6.07) is 94.5. The van der Waals surface area contributed by atoms with Gasteiger partial charge in [-0.2, -0.15) is 21.0 Å². The Morgan fingerprint density at radius 2 is 0.568 bits per heavy atom. The summed E-state index contributed by atoms with van der Waals surface area (Å²) in [5, 5.41) is 42.9. The molecule has 88 heavy (non-hydrogen) atoms. The van der Waals surface area contributed by atoms with E-state index in [4.69, 9.17) is 19.9 Å². The number of pyridine rings is 1. The van der Waals surface area contributed by atoms with Crippen molar-refractivity contribution in [2.75, 3.05) is 0 Å². The van der Waals surface area contributed by atoms with Crippen molar-refractivity contribution in [3.8, 4) is 125 Å². The van der Waals surface area contributed by atoms with E-state index in [2.05, 4.69) is 130 Å². The second-order valence-corrected chi connectivity index (χ2v) is 21.5. The van der Waals surface area contributed by atoms with E-state index in [-0.39, 0.29) is 0 Å². The maximum Gasteiger partial charge on any atom is 0.164 e. The van der Waals surface area contributed by atoms with Crippen LogP contribution in [0.5, 0.6) is 0 Å². The van der Waals surface area contributed by atoms with Crippen molar-refractivity contribution < 1.29 is 0 Å². The molecule has 0 fully saturated rings. The molecule has 0 saturated carbocycles. The third kappa shape index (κ3) is 9.22. The van der Waals surface area contributed by atoms with E-state index in [1.807, 2.05) is 170 Å². The van der Waals surface area contributed by atoms with Gasteiger partial charge in [-0.25, -0.2) is 15.0 Å². The van der Waals surface area contributed by atoms with Gasteiger partial charge in [-0.05, 0) is 166 Å². The van der Waals surface area contributed by atoms with Crippen LogP contribution in [-0.2, 0) is 0 Å². The highest BCUT2D eigenvalue weighted by atomic mass is 15.0. The number of hydrogen-bond donors (Lipinski definition) is 0. The second-order valence-electron chi connectivity index (χ2n) is 21.5. The SMILES string of the molecule is N#Cc1ccc(-c2ccc3c(c2)c2cc(-c4ccc(C#N)cc4)ccc2n3-c2ccncc2-c2cc(-c3nc(-c4ccccc4)nc(-c4ccccc4)n3)ccc2-n2c3ccc(-c4ccc(C#N)cc4)cc3c3cc(-c4ccc(C#N)cc4)ccc32)cc1. The molecule has 0 amide bonds. The van der Waals surface area contributed by atoms with Crippen molar-refractivity contribution in [3.05, 3.63) is 289 Å². The van der Waals surface area contributed by atoms with E-state index in [9.17, 15) is 21.0 Å². The molecule has 10 heteroatoms. The molecule has 15 aromatic rings. The van der Waals surface area contributed by atoms with Gasteiger partial charge < -0.3 is 9.13 Å². The Morgan fingerprint density at radius 3 is 0.909 bits per heavy atom. The minimum atomic E-state index is 0.495. The van der Waals surface area contributed by atoms with Gasteiger partial charge in [0.1, 0.15) is 0 Å². The summed E-state index contributed by atoms with van der Waals surface area (Å²) in [7, 11) is 0. The highest BCUT2D eigenvalue weighted by Crippen LogP contribution is 2.45. The quantitative estimate of drug-likeness (QED) is 0.131.